The first kappa shape index (κ1) is 14.4. The quantitative estimate of drug-likeness (QED) is 0.668. The fraction of sp³-hybridized carbons (Fsp3) is 0.889. The summed E-state index contributed by atoms with van der Waals surface area (Å²) in [7, 11) is -2.26. The van der Waals surface area contributed by atoms with E-state index in [1.54, 1.807) is 0 Å². The van der Waals surface area contributed by atoms with Gasteiger partial charge in [0.1, 0.15) is 0 Å². The van der Waals surface area contributed by atoms with E-state index in [1.807, 2.05) is 6.92 Å². The zero-order chi connectivity index (χ0) is 12.1. The van der Waals surface area contributed by atoms with E-state index in [1.165, 1.54) is 14.0 Å². The maximum atomic E-state index is 11.6. The smallest absolute Gasteiger partial charge is 0.323 e. The molecule has 0 radical (unpaired) electrons. The van der Waals surface area contributed by atoms with Crippen LogP contribution in [0.15, 0.2) is 0 Å². The highest BCUT2D eigenvalue weighted by Gasteiger charge is 2.31. The molecule has 90 valence electrons. The van der Waals surface area contributed by atoms with Crippen LogP contribution in [0.3, 0.4) is 0 Å². The first-order valence-corrected chi connectivity index (χ1v) is 6.52. The van der Waals surface area contributed by atoms with Crippen LogP contribution >= 0.6 is 0 Å². The molecule has 0 amide bonds. The Morgan fingerprint density at radius 3 is 2.33 bits per heavy atom. The molecule has 1 N–H and O–H groups in total. The number of sulfonamides is 1. The van der Waals surface area contributed by atoms with Crippen LogP contribution in [0, 0.1) is 0 Å². The fourth-order valence-electron chi connectivity index (χ4n) is 1.11. The molecule has 0 spiro atoms. The predicted octanol–water partition coefficient (Wildman–Crippen LogP) is 0.911. The van der Waals surface area contributed by atoms with Crippen molar-refractivity contribution in [1.29, 1.82) is 0 Å². The minimum atomic E-state index is -3.68. The van der Waals surface area contributed by atoms with Crippen LogP contribution in [-0.2, 0) is 14.8 Å². The number of carboxylic acid groups (broad SMARTS) is 1. The highest BCUT2D eigenvalue weighted by molar-refractivity contribution is 7.90. The molecule has 0 aromatic carbocycles. The van der Waals surface area contributed by atoms with Crippen molar-refractivity contribution in [3.8, 4) is 0 Å². The molecule has 0 aromatic rings. The Bertz CT molecular complexity index is 299. The van der Waals surface area contributed by atoms with E-state index < -0.39 is 21.2 Å². The van der Waals surface area contributed by atoms with Crippen molar-refractivity contribution in [2.45, 2.75) is 38.4 Å². The van der Waals surface area contributed by atoms with Gasteiger partial charge in [-0.05, 0) is 13.3 Å². The van der Waals surface area contributed by atoms with Gasteiger partial charge in [0, 0.05) is 13.6 Å². The summed E-state index contributed by atoms with van der Waals surface area (Å²) in [6, 6.07) is 0. The van der Waals surface area contributed by atoms with Crippen molar-refractivity contribution in [2.75, 3.05) is 13.6 Å². The summed E-state index contributed by atoms with van der Waals surface area (Å²) < 4.78 is 24.3. The molecule has 0 rings (SSSR count). The monoisotopic (exact) mass is 237 g/mol. The van der Waals surface area contributed by atoms with E-state index in [2.05, 4.69) is 0 Å². The summed E-state index contributed by atoms with van der Waals surface area (Å²) in [6.45, 7) is 3.59. The van der Waals surface area contributed by atoms with E-state index in [4.69, 9.17) is 5.11 Å². The first-order valence-electron chi connectivity index (χ1n) is 5.02. The fourth-order valence-corrected chi connectivity index (χ4v) is 2.29. The van der Waals surface area contributed by atoms with Gasteiger partial charge in [-0.2, -0.15) is 0 Å². The van der Waals surface area contributed by atoms with Crippen LogP contribution in [0.1, 0.15) is 33.1 Å². The van der Waals surface area contributed by atoms with Gasteiger partial charge < -0.3 is 5.11 Å². The number of rotatable bonds is 7. The second-order valence-corrected chi connectivity index (χ2v) is 5.91. The Morgan fingerprint density at radius 1 is 1.40 bits per heavy atom. The van der Waals surface area contributed by atoms with E-state index >= 15 is 0 Å². The van der Waals surface area contributed by atoms with Gasteiger partial charge >= 0.3 is 5.97 Å². The molecule has 1 unspecified atom stereocenters. The second kappa shape index (κ2) is 6.07. The maximum Gasteiger partial charge on any atom is 0.323 e. The largest absolute Gasteiger partial charge is 0.480 e. The molecule has 0 aliphatic carbocycles. The topological polar surface area (TPSA) is 74.7 Å². The lowest BCUT2D eigenvalue weighted by molar-refractivity contribution is -0.136. The minimum Gasteiger partial charge on any atom is -0.480 e. The molecule has 1 atom stereocenters. The summed E-state index contributed by atoms with van der Waals surface area (Å²) in [4.78, 5) is 10.6. The average Bonchev–Trinajstić information content (AvgIpc) is 2.16. The molecule has 0 fully saturated rings. The first-order chi connectivity index (χ1) is 6.84. The third kappa shape index (κ3) is 4.17. The highest BCUT2D eigenvalue weighted by Crippen LogP contribution is 2.08. The highest BCUT2D eigenvalue weighted by atomic mass is 32.2. The van der Waals surface area contributed by atoms with Crippen molar-refractivity contribution >= 4 is 16.0 Å². The molecule has 0 heterocycles. The molecule has 6 heteroatoms. The van der Waals surface area contributed by atoms with Gasteiger partial charge in [-0.25, -0.2) is 12.7 Å². The van der Waals surface area contributed by atoms with Crippen molar-refractivity contribution in [3.63, 3.8) is 0 Å². The Kier molecular flexibility index (Phi) is 5.82. The van der Waals surface area contributed by atoms with Crippen molar-refractivity contribution in [2.24, 2.45) is 0 Å². The summed E-state index contributed by atoms with van der Waals surface area (Å²) in [5.74, 6) is -1.31. The third-order valence-corrected chi connectivity index (χ3v) is 4.45. The molecule has 15 heavy (non-hydrogen) atoms. The van der Waals surface area contributed by atoms with Crippen LogP contribution < -0.4 is 0 Å². The molecule has 0 aliphatic rings. The standard InChI is InChI=1S/C9H19NO4S/c1-4-5-6-7-10(3)15(13,14)8(2)9(11)12/h8H,4-7H2,1-3H3,(H,11,12). The van der Waals surface area contributed by atoms with E-state index in [9.17, 15) is 13.2 Å². The summed E-state index contributed by atoms with van der Waals surface area (Å²) in [5, 5.41) is 7.26. The summed E-state index contributed by atoms with van der Waals surface area (Å²) >= 11 is 0. The van der Waals surface area contributed by atoms with Gasteiger partial charge in [0.05, 0.1) is 0 Å². The molecule has 0 aromatic heterocycles. The number of aliphatic carboxylic acids is 1. The van der Waals surface area contributed by atoms with Gasteiger partial charge in [-0.15, -0.1) is 0 Å². The van der Waals surface area contributed by atoms with Gasteiger partial charge in [0.25, 0.3) is 0 Å². The SMILES string of the molecule is CCCCCN(C)S(=O)(=O)C(C)C(=O)O. The third-order valence-electron chi connectivity index (χ3n) is 2.31. The van der Waals surface area contributed by atoms with Crippen molar-refractivity contribution < 1.29 is 18.3 Å². The van der Waals surface area contributed by atoms with E-state index in [-0.39, 0.29) is 0 Å². The lowest BCUT2D eigenvalue weighted by atomic mass is 10.2. The molecule has 0 saturated heterocycles. The predicted molar refractivity (Wildman–Crippen MR) is 58.2 cm³/mol. The van der Waals surface area contributed by atoms with Gasteiger partial charge in [-0.3, -0.25) is 4.79 Å². The zero-order valence-corrected chi connectivity index (χ0v) is 10.2. The number of unbranched alkanes of at least 4 members (excludes halogenated alkanes) is 2. The second-order valence-electron chi connectivity index (χ2n) is 3.55. The number of carboxylic acids is 1. The number of nitrogens with zero attached hydrogens (tertiary/aromatic N) is 1. The molecule has 0 aliphatic heterocycles. The summed E-state index contributed by atoms with van der Waals surface area (Å²) in [5.41, 5.74) is 0. The van der Waals surface area contributed by atoms with Crippen LogP contribution in [0.2, 0.25) is 0 Å². The lowest BCUT2D eigenvalue weighted by Crippen LogP contribution is -2.39. The minimum absolute atomic E-state index is 0.383. The summed E-state index contributed by atoms with van der Waals surface area (Å²) in [6.07, 6.45) is 2.71. The molecule has 0 bridgehead atoms. The molecular formula is C9H19NO4S. The molecule has 0 saturated carbocycles. The van der Waals surface area contributed by atoms with Crippen LogP contribution in [0.25, 0.3) is 0 Å². The van der Waals surface area contributed by atoms with Crippen LogP contribution in [0.5, 0.6) is 0 Å². The Balaban J connectivity index is 4.39. The lowest BCUT2D eigenvalue weighted by Gasteiger charge is -2.19. The van der Waals surface area contributed by atoms with Crippen LogP contribution in [-0.4, -0.2) is 42.6 Å². The Hall–Kier alpha value is -0.620. The number of hydrogen-bond acceptors (Lipinski definition) is 3. The van der Waals surface area contributed by atoms with Crippen LogP contribution in [0.4, 0.5) is 0 Å². The molecular weight excluding hydrogens is 218 g/mol. The average molecular weight is 237 g/mol. The number of carbonyl (C=O) groups is 1. The van der Waals surface area contributed by atoms with Crippen molar-refractivity contribution in [3.05, 3.63) is 0 Å². The van der Waals surface area contributed by atoms with E-state index in [0.717, 1.165) is 23.6 Å². The van der Waals surface area contributed by atoms with E-state index in [0.29, 0.717) is 6.54 Å². The normalized spacial score (nSPS) is 14.1. The van der Waals surface area contributed by atoms with Gasteiger partial charge in [-0.1, -0.05) is 19.8 Å². The van der Waals surface area contributed by atoms with Gasteiger partial charge in [0.2, 0.25) is 10.0 Å². The maximum absolute atomic E-state index is 11.6. The molecule has 5 nitrogen and oxygen atoms in total. The van der Waals surface area contributed by atoms with Gasteiger partial charge in [0.15, 0.2) is 5.25 Å². The Labute approximate surface area is 91.1 Å². The number of hydrogen-bond donors (Lipinski definition) is 1. The van der Waals surface area contributed by atoms with Crippen molar-refractivity contribution in [1.82, 2.24) is 4.31 Å². The Morgan fingerprint density at radius 2 is 1.93 bits per heavy atom. The zero-order valence-electron chi connectivity index (χ0n) is 9.43.